The van der Waals surface area contributed by atoms with Crippen molar-refractivity contribution in [1.82, 2.24) is 0 Å². The lowest BCUT2D eigenvalue weighted by Crippen LogP contribution is -2.50. The van der Waals surface area contributed by atoms with Crippen molar-refractivity contribution in [1.29, 1.82) is 0 Å². The summed E-state index contributed by atoms with van der Waals surface area (Å²) in [6.07, 6.45) is 11.1. The normalized spacial score (nSPS) is 11.4. The van der Waals surface area contributed by atoms with Crippen LogP contribution in [0.1, 0.15) is 79.1 Å². The predicted octanol–water partition coefficient (Wildman–Crippen LogP) is 2.53. The third-order valence-corrected chi connectivity index (χ3v) is 3.94. The van der Waals surface area contributed by atoms with Crippen LogP contribution in [-0.4, -0.2) is 71.2 Å². The van der Waals surface area contributed by atoms with Gasteiger partial charge in [0.05, 0.1) is 26.2 Å². The van der Waals surface area contributed by atoms with Crippen LogP contribution < -0.4 is 0 Å². The summed E-state index contributed by atoms with van der Waals surface area (Å²) in [4.78, 5) is 0. The van der Waals surface area contributed by atoms with Crippen LogP contribution in [0.4, 0.5) is 0 Å². The molecule has 0 rings (SSSR count). The number of rotatable bonds is 12. The molecule has 12 heteroatoms. The molecule has 0 radical (unpaired) electrons. The molecule has 0 amide bonds. The molecule has 0 saturated heterocycles. The van der Waals surface area contributed by atoms with Crippen LogP contribution in [0.25, 0.3) is 0 Å². The van der Waals surface area contributed by atoms with Crippen molar-refractivity contribution in [2.75, 3.05) is 26.2 Å². The van der Waals surface area contributed by atoms with Gasteiger partial charge in [0.2, 0.25) is 10.4 Å². The number of hydrogen-bond acceptors (Lipinski definition) is 5. The van der Waals surface area contributed by atoms with Crippen LogP contribution in [0, 0.1) is 0 Å². The number of hydrogen-bond donors (Lipinski definition) is 3. The first-order valence-electron chi connectivity index (χ1n) is 9.47. The summed E-state index contributed by atoms with van der Waals surface area (Å²) < 4.78 is 65.8. The van der Waals surface area contributed by atoms with Crippen LogP contribution in [0.15, 0.2) is 0 Å². The van der Waals surface area contributed by atoms with Gasteiger partial charge in [0, 0.05) is 0 Å². The first-order valence-corrected chi connectivity index (χ1v) is 12.2. The summed E-state index contributed by atoms with van der Waals surface area (Å²) in [5.41, 5.74) is 0. The molecular weight excluding hydrogens is 414 g/mol. The van der Waals surface area contributed by atoms with Gasteiger partial charge in [0.1, 0.15) is 0 Å². The lowest BCUT2D eigenvalue weighted by atomic mass is 10.1. The van der Waals surface area contributed by atoms with Gasteiger partial charge in [-0.3, -0.25) is 13.7 Å². The standard InChI is InChI=1S/C16H36N.2H2O4S.H2O/c1-5-9-13-17(14-10-6-2,15-11-7-3)16-12-8-4;2*1-5(2,3)4;/h5-16H2,1-4H3;2*(H2,1,2,3,4);1H2/q+1;;;/p-1. The van der Waals surface area contributed by atoms with Gasteiger partial charge >= 0.3 is 10.4 Å². The Morgan fingerprint density at radius 3 is 0.893 bits per heavy atom. The maximum absolute atomic E-state index is 8.74. The van der Waals surface area contributed by atoms with Gasteiger partial charge in [-0.05, 0) is 25.7 Å². The molecular formula is C16H41NO9S2. The van der Waals surface area contributed by atoms with Crippen LogP contribution in [0.3, 0.4) is 0 Å². The molecule has 0 aliphatic rings. The fourth-order valence-electron chi connectivity index (χ4n) is 2.64. The second kappa shape index (κ2) is 20.0. The fourth-order valence-corrected chi connectivity index (χ4v) is 2.64. The molecule has 0 unspecified atom stereocenters. The van der Waals surface area contributed by atoms with E-state index in [1.54, 1.807) is 0 Å². The molecule has 28 heavy (non-hydrogen) atoms. The molecule has 0 atom stereocenters. The first kappa shape index (κ1) is 35.1. The van der Waals surface area contributed by atoms with Gasteiger partial charge in [-0.1, -0.05) is 53.4 Å². The van der Waals surface area contributed by atoms with E-state index >= 15 is 0 Å². The third-order valence-electron chi connectivity index (χ3n) is 3.94. The number of nitrogens with zero attached hydrogens (tertiary/aromatic N) is 1. The van der Waals surface area contributed by atoms with Crippen molar-refractivity contribution in [3.8, 4) is 0 Å². The Labute approximate surface area is 171 Å². The summed E-state index contributed by atoms with van der Waals surface area (Å²) in [5.74, 6) is 0. The molecule has 0 fully saturated rings. The predicted molar refractivity (Wildman–Crippen MR) is 109 cm³/mol. The lowest BCUT2D eigenvalue weighted by Gasteiger charge is -2.39. The Kier molecular flexibility index (Phi) is 25.0. The Balaban J connectivity index is -0.000000216. The van der Waals surface area contributed by atoms with Crippen molar-refractivity contribution < 1.29 is 45.0 Å². The molecule has 0 aromatic heterocycles. The van der Waals surface area contributed by atoms with Crippen LogP contribution in [-0.2, 0) is 20.8 Å². The minimum atomic E-state index is -4.92. The molecule has 10 nitrogen and oxygen atoms in total. The van der Waals surface area contributed by atoms with E-state index in [-0.39, 0.29) is 5.48 Å². The molecule has 0 aromatic carbocycles. The van der Waals surface area contributed by atoms with Gasteiger partial charge in [-0.15, -0.1) is 0 Å². The van der Waals surface area contributed by atoms with E-state index in [2.05, 4.69) is 27.7 Å². The molecule has 176 valence electrons. The SMILES string of the molecule is CCCC[N+](CCCC)(CCCC)CCCC.O.O=S(=O)(O)O.O=S(=O)([O-])O. The maximum Gasteiger partial charge on any atom is 0.394 e. The Morgan fingerprint density at radius 1 is 0.643 bits per heavy atom. The van der Waals surface area contributed by atoms with Gasteiger partial charge < -0.3 is 14.5 Å². The minimum Gasteiger partial charge on any atom is -0.726 e. The highest BCUT2D eigenvalue weighted by Gasteiger charge is 2.24. The van der Waals surface area contributed by atoms with Crippen molar-refractivity contribution in [2.24, 2.45) is 0 Å². The monoisotopic (exact) mass is 455 g/mol. The lowest BCUT2D eigenvalue weighted by molar-refractivity contribution is -0.929. The van der Waals surface area contributed by atoms with E-state index < -0.39 is 20.8 Å². The van der Waals surface area contributed by atoms with Gasteiger partial charge in [0.25, 0.3) is 0 Å². The highest BCUT2D eigenvalue weighted by molar-refractivity contribution is 7.80. The smallest absolute Gasteiger partial charge is 0.394 e. The maximum atomic E-state index is 8.74. The van der Waals surface area contributed by atoms with Crippen LogP contribution >= 0.6 is 0 Å². The first-order chi connectivity index (χ1) is 12.2. The Hall–Kier alpha value is -0.340. The second-order valence-corrected chi connectivity index (χ2v) is 8.28. The zero-order valence-electron chi connectivity index (χ0n) is 17.6. The van der Waals surface area contributed by atoms with Crippen molar-refractivity contribution in [2.45, 2.75) is 79.1 Å². The van der Waals surface area contributed by atoms with Crippen molar-refractivity contribution in [3.05, 3.63) is 0 Å². The Bertz CT molecular complexity index is 439. The second-order valence-electron chi connectivity index (χ2n) is 6.53. The minimum absolute atomic E-state index is 0. The third kappa shape index (κ3) is 40.4. The van der Waals surface area contributed by atoms with E-state index in [4.69, 9.17) is 35.0 Å². The van der Waals surface area contributed by atoms with Gasteiger partial charge in [-0.2, -0.15) is 8.42 Å². The molecule has 0 bridgehead atoms. The van der Waals surface area contributed by atoms with E-state index in [0.29, 0.717) is 0 Å². The molecule has 0 aromatic rings. The average Bonchev–Trinajstić information content (AvgIpc) is 2.50. The fraction of sp³-hybridized carbons (Fsp3) is 1.00. The van der Waals surface area contributed by atoms with Crippen LogP contribution in [0.5, 0.6) is 0 Å². The quantitative estimate of drug-likeness (QED) is 0.227. The van der Waals surface area contributed by atoms with E-state index in [9.17, 15) is 0 Å². The number of quaternary nitrogens is 1. The zero-order valence-corrected chi connectivity index (χ0v) is 19.3. The van der Waals surface area contributed by atoms with Crippen molar-refractivity contribution >= 4 is 20.8 Å². The summed E-state index contributed by atoms with van der Waals surface area (Å²) in [6, 6.07) is 0. The summed E-state index contributed by atoms with van der Waals surface area (Å²) in [7, 11) is -9.58. The molecule has 5 N–H and O–H groups in total. The van der Waals surface area contributed by atoms with E-state index in [0.717, 1.165) is 0 Å². The molecule has 0 aliphatic heterocycles. The highest BCUT2D eigenvalue weighted by atomic mass is 32.3. The molecule has 0 saturated carbocycles. The average molecular weight is 456 g/mol. The molecule has 0 heterocycles. The van der Waals surface area contributed by atoms with E-state index in [1.807, 2.05) is 0 Å². The van der Waals surface area contributed by atoms with Gasteiger partial charge in [-0.25, -0.2) is 8.42 Å². The summed E-state index contributed by atoms with van der Waals surface area (Å²) in [6.45, 7) is 15.0. The zero-order chi connectivity index (χ0) is 22.0. The largest absolute Gasteiger partial charge is 0.726 e. The van der Waals surface area contributed by atoms with Gasteiger partial charge in [0.15, 0.2) is 0 Å². The van der Waals surface area contributed by atoms with Crippen molar-refractivity contribution in [3.63, 3.8) is 0 Å². The van der Waals surface area contributed by atoms with E-state index in [1.165, 1.54) is 82.0 Å². The highest BCUT2D eigenvalue weighted by Crippen LogP contribution is 2.16. The summed E-state index contributed by atoms with van der Waals surface area (Å²) in [5, 5.41) is 0. The molecule has 0 aliphatic carbocycles. The van der Waals surface area contributed by atoms with Crippen LogP contribution in [0.2, 0.25) is 0 Å². The topological polar surface area (TPSA) is 184 Å². The number of unbranched alkanes of at least 4 members (excludes halogenated alkanes) is 4. The summed E-state index contributed by atoms with van der Waals surface area (Å²) >= 11 is 0. The molecule has 0 spiro atoms. The Morgan fingerprint density at radius 2 is 0.786 bits per heavy atom.